The van der Waals surface area contributed by atoms with Gasteiger partial charge >= 0.3 is 5.97 Å². The molecule has 108 valence electrons. The average molecular weight is 292 g/mol. The normalized spacial score (nSPS) is 10.2. The molecule has 0 unspecified atom stereocenters. The Hall–Kier alpha value is -2.94. The van der Waals surface area contributed by atoms with Crippen molar-refractivity contribution in [2.45, 2.75) is 0 Å². The van der Waals surface area contributed by atoms with E-state index in [4.69, 9.17) is 4.74 Å². The van der Waals surface area contributed by atoms with E-state index in [0.717, 1.165) is 17.2 Å². The van der Waals surface area contributed by atoms with Gasteiger partial charge < -0.3 is 4.74 Å². The lowest BCUT2D eigenvalue weighted by molar-refractivity contribution is 0.0734. The summed E-state index contributed by atoms with van der Waals surface area (Å²) in [4.78, 5) is 11.9. The first-order valence-corrected chi connectivity index (χ1v) is 6.85. The maximum Gasteiger partial charge on any atom is 0.343 e. The van der Waals surface area contributed by atoms with Gasteiger partial charge in [-0.1, -0.05) is 48.5 Å². The molecule has 0 aliphatic carbocycles. The molecule has 0 saturated heterocycles. The van der Waals surface area contributed by atoms with Crippen LogP contribution in [0.2, 0.25) is 0 Å². The van der Waals surface area contributed by atoms with Crippen LogP contribution in [0.5, 0.6) is 5.75 Å². The topological polar surface area (TPSA) is 26.3 Å². The highest BCUT2D eigenvalue weighted by Crippen LogP contribution is 2.22. The number of halogens is 1. The van der Waals surface area contributed by atoms with Crippen molar-refractivity contribution < 1.29 is 13.9 Å². The Kier molecular flexibility index (Phi) is 3.97. The number of hydrogen-bond acceptors (Lipinski definition) is 2. The van der Waals surface area contributed by atoms with Gasteiger partial charge in [0.25, 0.3) is 0 Å². The smallest absolute Gasteiger partial charge is 0.343 e. The van der Waals surface area contributed by atoms with Crippen LogP contribution in [0.3, 0.4) is 0 Å². The molecule has 0 spiro atoms. The predicted octanol–water partition coefficient (Wildman–Crippen LogP) is 4.71. The van der Waals surface area contributed by atoms with Gasteiger partial charge in [-0.05, 0) is 41.5 Å². The molecule has 0 bridgehead atoms. The lowest BCUT2D eigenvalue weighted by Crippen LogP contribution is -2.08. The monoisotopic (exact) mass is 292 g/mol. The summed E-state index contributed by atoms with van der Waals surface area (Å²) in [5, 5.41) is 0. The van der Waals surface area contributed by atoms with Gasteiger partial charge in [-0.2, -0.15) is 0 Å². The fourth-order valence-electron chi connectivity index (χ4n) is 2.13. The maximum atomic E-state index is 13.1. The molecule has 0 aliphatic rings. The summed E-state index contributed by atoms with van der Waals surface area (Å²) in [6.07, 6.45) is 0. The van der Waals surface area contributed by atoms with Gasteiger partial charge in [0.1, 0.15) is 11.6 Å². The molecule has 3 aromatic carbocycles. The number of benzene rings is 3. The van der Waals surface area contributed by atoms with Crippen molar-refractivity contribution in [3.8, 4) is 16.9 Å². The van der Waals surface area contributed by atoms with E-state index in [-0.39, 0.29) is 5.56 Å². The molecule has 0 aliphatic heterocycles. The highest BCUT2D eigenvalue weighted by molar-refractivity contribution is 5.91. The largest absolute Gasteiger partial charge is 0.423 e. The van der Waals surface area contributed by atoms with E-state index in [1.807, 2.05) is 42.5 Å². The average Bonchev–Trinajstić information content (AvgIpc) is 2.56. The Morgan fingerprint density at radius 1 is 0.773 bits per heavy atom. The molecule has 3 rings (SSSR count). The zero-order valence-electron chi connectivity index (χ0n) is 11.7. The summed E-state index contributed by atoms with van der Waals surface area (Å²) < 4.78 is 18.3. The van der Waals surface area contributed by atoms with Gasteiger partial charge in [-0.25, -0.2) is 9.18 Å². The second-order valence-electron chi connectivity index (χ2n) is 4.79. The van der Waals surface area contributed by atoms with Crippen LogP contribution in [0.25, 0.3) is 11.1 Å². The molecule has 0 atom stereocenters. The molecule has 3 aromatic rings. The van der Waals surface area contributed by atoms with E-state index in [0.29, 0.717) is 5.75 Å². The second-order valence-corrected chi connectivity index (χ2v) is 4.79. The molecule has 0 amide bonds. The zero-order chi connectivity index (χ0) is 15.4. The minimum Gasteiger partial charge on any atom is -0.423 e. The summed E-state index contributed by atoms with van der Waals surface area (Å²) in [6.45, 7) is 0. The summed E-state index contributed by atoms with van der Waals surface area (Å²) in [5.41, 5.74) is 2.31. The van der Waals surface area contributed by atoms with E-state index in [2.05, 4.69) is 0 Å². The Labute approximate surface area is 127 Å². The van der Waals surface area contributed by atoms with Crippen LogP contribution < -0.4 is 4.74 Å². The van der Waals surface area contributed by atoms with Crippen LogP contribution in [0.4, 0.5) is 4.39 Å². The van der Waals surface area contributed by atoms with Crippen molar-refractivity contribution in [1.29, 1.82) is 0 Å². The number of rotatable bonds is 3. The van der Waals surface area contributed by atoms with Crippen molar-refractivity contribution in [2.24, 2.45) is 0 Å². The summed E-state index contributed by atoms with van der Waals surface area (Å²) in [6, 6.07) is 22.5. The maximum absolute atomic E-state index is 13.1. The standard InChI is InChI=1S/C19H13FO2/c20-17-8-4-7-16(13-17)19(21)22-18-11-9-15(10-12-18)14-5-2-1-3-6-14/h1-13H. The molecule has 0 radical (unpaired) electrons. The van der Waals surface area contributed by atoms with Crippen LogP contribution in [-0.4, -0.2) is 5.97 Å². The van der Waals surface area contributed by atoms with Crippen LogP contribution in [0, 0.1) is 5.82 Å². The number of carbonyl (C=O) groups excluding carboxylic acids is 1. The third-order valence-corrected chi connectivity index (χ3v) is 3.23. The minimum absolute atomic E-state index is 0.187. The van der Waals surface area contributed by atoms with Crippen molar-refractivity contribution in [1.82, 2.24) is 0 Å². The van der Waals surface area contributed by atoms with Gasteiger partial charge in [0.05, 0.1) is 5.56 Å². The van der Waals surface area contributed by atoms with Gasteiger partial charge in [0.2, 0.25) is 0 Å². The van der Waals surface area contributed by atoms with Crippen LogP contribution in [-0.2, 0) is 0 Å². The van der Waals surface area contributed by atoms with Gasteiger partial charge in [-0.3, -0.25) is 0 Å². The molecule has 22 heavy (non-hydrogen) atoms. The first-order valence-electron chi connectivity index (χ1n) is 6.85. The summed E-state index contributed by atoms with van der Waals surface area (Å²) in [5.74, 6) is -0.616. The molecule has 0 fully saturated rings. The Bertz CT molecular complexity index is 780. The van der Waals surface area contributed by atoms with Crippen LogP contribution in [0.1, 0.15) is 10.4 Å². The molecule has 0 heterocycles. The Balaban J connectivity index is 1.75. The fourth-order valence-corrected chi connectivity index (χ4v) is 2.13. The van der Waals surface area contributed by atoms with E-state index in [9.17, 15) is 9.18 Å². The van der Waals surface area contributed by atoms with Crippen molar-refractivity contribution in [2.75, 3.05) is 0 Å². The SMILES string of the molecule is O=C(Oc1ccc(-c2ccccc2)cc1)c1cccc(F)c1. The van der Waals surface area contributed by atoms with E-state index in [1.54, 1.807) is 12.1 Å². The minimum atomic E-state index is -0.577. The third kappa shape index (κ3) is 3.20. The molecular formula is C19H13FO2. The van der Waals surface area contributed by atoms with Gasteiger partial charge in [-0.15, -0.1) is 0 Å². The molecule has 3 heteroatoms. The summed E-state index contributed by atoms with van der Waals surface area (Å²) in [7, 11) is 0. The highest BCUT2D eigenvalue weighted by Gasteiger charge is 2.09. The number of ether oxygens (including phenoxy) is 1. The van der Waals surface area contributed by atoms with Crippen molar-refractivity contribution >= 4 is 5.97 Å². The number of carbonyl (C=O) groups is 1. The first kappa shape index (κ1) is 14.0. The van der Waals surface area contributed by atoms with Crippen molar-refractivity contribution in [3.63, 3.8) is 0 Å². The van der Waals surface area contributed by atoms with E-state index >= 15 is 0 Å². The van der Waals surface area contributed by atoms with Gasteiger partial charge in [0, 0.05) is 0 Å². The second kappa shape index (κ2) is 6.22. The Morgan fingerprint density at radius 3 is 2.14 bits per heavy atom. The molecule has 2 nitrogen and oxygen atoms in total. The lowest BCUT2D eigenvalue weighted by Gasteiger charge is -2.06. The van der Waals surface area contributed by atoms with Gasteiger partial charge in [0.15, 0.2) is 0 Å². The predicted molar refractivity (Wildman–Crippen MR) is 83.2 cm³/mol. The molecule has 0 N–H and O–H groups in total. The molecule has 0 aromatic heterocycles. The highest BCUT2D eigenvalue weighted by atomic mass is 19.1. The van der Waals surface area contributed by atoms with E-state index in [1.165, 1.54) is 18.2 Å². The third-order valence-electron chi connectivity index (χ3n) is 3.23. The van der Waals surface area contributed by atoms with Crippen LogP contribution >= 0.6 is 0 Å². The first-order chi connectivity index (χ1) is 10.7. The summed E-state index contributed by atoms with van der Waals surface area (Å²) >= 11 is 0. The number of esters is 1. The van der Waals surface area contributed by atoms with Crippen LogP contribution in [0.15, 0.2) is 78.9 Å². The lowest BCUT2D eigenvalue weighted by atomic mass is 10.1. The fraction of sp³-hybridized carbons (Fsp3) is 0. The van der Waals surface area contributed by atoms with E-state index < -0.39 is 11.8 Å². The quantitative estimate of drug-likeness (QED) is 0.516. The molecular weight excluding hydrogens is 279 g/mol. The number of hydrogen-bond donors (Lipinski definition) is 0. The Morgan fingerprint density at radius 2 is 1.45 bits per heavy atom. The van der Waals surface area contributed by atoms with Crippen molar-refractivity contribution in [3.05, 3.63) is 90.2 Å². The molecule has 0 saturated carbocycles. The zero-order valence-corrected chi connectivity index (χ0v) is 11.7.